The molecular formula is C13H9. The average Bonchev–Trinajstić information content (AvgIpc) is 2.61. The van der Waals surface area contributed by atoms with Crippen LogP contribution in [-0.2, 0) is 6.42 Å². The zero-order valence-electron chi connectivity index (χ0n) is 7.25. The van der Waals surface area contributed by atoms with Crippen molar-refractivity contribution in [2.45, 2.75) is 6.42 Å². The van der Waals surface area contributed by atoms with Crippen molar-refractivity contribution in [3.63, 3.8) is 0 Å². The van der Waals surface area contributed by atoms with E-state index >= 15 is 0 Å². The molecule has 1 aliphatic carbocycles. The van der Waals surface area contributed by atoms with Crippen molar-refractivity contribution in [3.05, 3.63) is 53.6 Å². The van der Waals surface area contributed by atoms with Crippen LogP contribution in [0.3, 0.4) is 0 Å². The first-order valence-electron chi connectivity index (χ1n) is 4.54. The zero-order chi connectivity index (χ0) is 8.67. The van der Waals surface area contributed by atoms with E-state index in [0.717, 1.165) is 6.42 Å². The number of hydrogen-bond donors (Lipinski definition) is 0. The third kappa shape index (κ3) is 0.988. The van der Waals surface area contributed by atoms with Gasteiger partial charge >= 0.3 is 0 Å². The lowest BCUT2D eigenvalue weighted by atomic mass is 10.0. The van der Waals surface area contributed by atoms with Crippen LogP contribution in [0, 0.1) is 6.07 Å². The van der Waals surface area contributed by atoms with E-state index in [1.807, 2.05) is 0 Å². The average molecular weight is 165 g/mol. The summed E-state index contributed by atoms with van der Waals surface area (Å²) in [5, 5.41) is 2.51. The zero-order valence-corrected chi connectivity index (χ0v) is 7.25. The molecule has 3 rings (SSSR count). The first-order valence-corrected chi connectivity index (χ1v) is 4.54. The van der Waals surface area contributed by atoms with E-state index in [0.29, 0.717) is 0 Å². The van der Waals surface area contributed by atoms with Gasteiger partial charge in [-0.15, -0.1) is 0 Å². The molecule has 1 radical (unpaired) electrons. The van der Waals surface area contributed by atoms with Crippen molar-refractivity contribution in [1.29, 1.82) is 0 Å². The molecule has 1 aliphatic rings. The monoisotopic (exact) mass is 165 g/mol. The minimum Gasteiger partial charge on any atom is -0.0795 e. The summed E-state index contributed by atoms with van der Waals surface area (Å²) in [6.45, 7) is 0. The maximum atomic E-state index is 3.42. The van der Waals surface area contributed by atoms with Gasteiger partial charge in [0.05, 0.1) is 0 Å². The summed E-state index contributed by atoms with van der Waals surface area (Å²) in [4.78, 5) is 0. The summed E-state index contributed by atoms with van der Waals surface area (Å²) in [7, 11) is 0. The fraction of sp³-hybridized carbons (Fsp3) is 0.0769. The van der Waals surface area contributed by atoms with Crippen LogP contribution in [-0.4, -0.2) is 0 Å². The van der Waals surface area contributed by atoms with Crippen molar-refractivity contribution in [2.75, 3.05) is 0 Å². The van der Waals surface area contributed by atoms with Gasteiger partial charge in [-0.2, -0.15) is 0 Å². The molecule has 0 fully saturated rings. The minimum atomic E-state index is 1.07. The lowest BCUT2D eigenvalue weighted by Crippen LogP contribution is -1.82. The van der Waals surface area contributed by atoms with Gasteiger partial charge in [0.25, 0.3) is 0 Å². The summed E-state index contributed by atoms with van der Waals surface area (Å²) in [5.41, 5.74) is 2.66. The van der Waals surface area contributed by atoms with E-state index in [1.165, 1.54) is 21.9 Å². The highest BCUT2D eigenvalue weighted by Crippen LogP contribution is 2.24. The van der Waals surface area contributed by atoms with E-state index in [9.17, 15) is 0 Å². The summed E-state index contributed by atoms with van der Waals surface area (Å²) in [6, 6.07) is 14.1. The smallest absolute Gasteiger partial charge is 0.00177 e. The molecule has 0 heterocycles. The van der Waals surface area contributed by atoms with Gasteiger partial charge in [0, 0.05) is 0 Å². The summed E-state index contributed by atoms with van der Waals surface area (Å²) >= 11 is 0. The molecule has 0 atom stereocenters. The van der Waals surface area contributed by atoms with Gasteiger partial charge in [-0.3, -0.25) is 0 Å². The highest BCUT2D eigenvalue weighted by molar-refractivity contribution is 5.86. The molecule has 2 aromatic rings. The van der Waals surface area contributed by atoms with Crippen LogP contribution in [0.2, 0.25) is 0 Å². The molecule has 0 saturated carbocycles. The number of rotatable bonds is 0. The van der Waals surface area contributed by atoms with Crippen molar-refractivity contribution in [1.82, 2.24) is 0 Å². The Morgan fingerprint density at radius 3 is 3.08 bits per heavy atom. The maximum Gasteiger partial charge on any atom is -0.00177 e. The van der Waals surface area contributed by atoms with Crippen LogP contribution in [0.15, 0.2) is 36.4 Å². The van der Waals surface area contributed by atoms with Crippen molar-refractivity contribution in [3.8, 4) is 0 Å². The van der Waals surface area contributed by atoms with E-state index in [-0.39, 0.29) is 0 Å². The fourth-order valence-electron chi connectivity index (χ4n) is 1.85. The molecule has 13 heavy (non-hydrogen) atoms. The molecule has 0 N–H and O–H groups in total. The number of benzene rings is 2. The van der Waals surface area contributed by atoms with Crippen LogP contribution in [0.1, 0.15) is 11.1 Å². The Bertz CT molecular complexity index is 492. The second-order valence-electron chi connectivity index (χ2n) is 3.40. The Kier molecular flexibility index (Phi) is 1.31. The van der Waals surface area contributed by atoms with E-state index in [2.05, 4.69) is 48.6 Å². The fourth-order valence-corrected chi connectivity index (χ4v) is 1.85. The highest BCUT2D eigenvalue weighted by Gasteiger charge is 2.05. The Balaban J connectivity index is 2.40. The Labute approximate surface area is 77.5 Å². The maximum absolute atomic E-state index is 3.42. The van der Waals surface area contributed by atoms with Gasteiger partial charge in [0.1, 0.15) is 0 Å². The predicted octanol–water partition coefficient (Wildman–Crippen LogP) is 3.21. The van der Waals surface area contributed by atoms with Gasteiger partial charge in [0.2, 0.25) is 0 Å². The van der Waals surface area contributed by atoms with Crippen LogP contribution in [0.4, 0.5) is 0 Å². The minimum absolute atomic E-state index is 1.07. The summed E-state index contributed by atoms with van der Waals surface area (Å²) < 4.78 is 0. The number of fused-ring (bicyclic) bond motifs is 2. The second-order valence-corrected chi connectivity index (χ2v) is 3.40. The molecule has 0 spiro atoms. The quantitative estimate of drug-likeness (QED) is 0.562. The molecule has 61 valence electrons. The standard InChI is InChI=1S/C13H9/c1-2-5-11-9-13-7-3-6-12(13)8-10(11)4-1/h1-6,9H,7H2. The Hall–Kier alpha value is -1.56. The summed E-state index contributed by atoms with van der Waals surface area (Å²) in [5.74, 6) is 0. The molecule has 0 unspecified atom stereocenters. The normalized spacial score (nSPS) is 13.5. The molecule has 0 bridgehead atoms. The van der Waals surface area contributed by atoms with Gasteiger partial charge < -0.3 is 0 Å². The van der Waals surface area contributed by atoms with Crippen molar-refractivity contribution < 1.29 is 0 Å². The lowest BCUT2D eigenvalue weighted by Gasteiger charge is -2.01. The molecule has 0 amide bonds. The third-order valence-corrected chi connectivity index (χ3v) is 2.53. The third-order valence-electron chi connectivity index (χ3n) is 2.53. The molecule has 0 aliphatic heterocycles. The Morgan fingerprint density at radius 1 is 1.15 bits per heavy atom. The highest BCUT2D eigenvalue weighted by atomic mass is 14.1. The Morgan fingerprint density at radius 2 is 2.08 bits per heavy atom. The summed E-state index contributed by atoms with van der Waals surface area (Å²) in [6.07, 6.45) is 5.42. The van der Waals surface area contributed by atoms with Gasteiger partial charge in [-0.25, -0.2) is 0 Å². The van der Waals surface area contributed by atoms with E-state index < -0.39 is 0 Å². The number of hydrogen-bond acceptors (Lipinski definition) is 0. The van der Waals surface area contributed by atoms with E-state index in [4.69, 9.17) is 0 Å². The molecule has 0 aromatic heterocycles. The second kappa shape index (κ2) is 2.46. The largest absolute Gasteiger partial charge is 0.0795 e. The SMILES string of the molecule is [c]1c2c(cc3ccccc13)CC=C2. The van der Waals surface area contributed by atoms with E-state index in [1.54, 1.807) is 0 Å². The molecule has 2 aromatic carbocycles. The van der Waals surface area contributed by atoms with Crippen LogP contribution >= 0.6 is 0 Å². The molecule has 0 saturated heterocycles. The topological polar surface area (TPSA) is 0 Å². The van der Waals surface area contributed by atoms with Gasteiger partial charge in [-0.05, 0) is 34.4 Å². The van der Waals surface area contributed by atoms with Gasteiger partial charge in [0.15, 0.2) is 0 Å². The molecule has 0 heteroatoms. The van der Waals surface area contributed by atoms with Crippen LogP contribution in [0.5, 0.6) is 0 Å². The first kappa shape index (κ1) is 6.90. The molecular weight excluding hydrogens is 156 g/mol. The lowest BCUT2D eigenvalue weighted by molar-refractivity contribution is 1.32. The molecule has 0 nitrogen and oxygen atoms in total. The van der Waals surface area contributed by atoms with Crippen LogP contribution in [0.25, 0.3) is 16.8 Å². The predicted molar refractivity (Wildman–Crippen MR) is 55.5 cm³/mol. The van der Waals surface area contributed by atoms with Crippen molar-refractivity contribution >= 4 is 16.8 Å². The van der Waals surface area contributed by atoms with Gasteiger partial charge in [-0.1, -0.05) is 42.5 Å². The number of allylic oxidation sites excluding steroid dienone is 1. The van der Waals surface area contributed by atoms with Crippen LogP contribution < -0.4 is 0 Å². The van der Waals surface area contributed by atoms with Crippen molar-refractivity contribution in [2.24, 2.45) is 0 Å². The first-order chi connectivity index (χ1) is 6.43.